The van der Waals surface area contributed by atoms with Crippen LogP contribution in [0.1, 0.15) is 11.1 Å². The first-order chi connectivity index (χ1) is 12.2. The molecule has 0 aliphatic heterocycles. The number of H-pyrrole nitrogens is 1. The number of nitrogens with one attached hydrogen (secondary N) is 2. The van der Waals surface area contributed by atoms with Crippen molar-refractivity contribution in [3.8, 4) is 0 Å². The second kappa shape index (κ2) is 6.28. The molecule has 5 heteroatoms. The first-order valence-electron chi connectivity index (χ1n) is 8.14. The summed E-state index contributed by atoms with van der Waals surface area (Å²) < 4.78 is 1.62. The van der Waals surface area contributed by atoms with Crippen LogP contribution in [-0.4, -0.2) is 14.5 Å². The third-order valence-electron chi connectivity index (χ3n) is 4.27. The van der Waals surface area contributed by atoms with Gasteiger partial charge in [0, 0.05) is 25.1 Å². The summed E-state index contributed by atoms with van der Waals surface area (Å²) in [7, 11) is 1.76. The number of anilines is 2. The topological polar surface area (TPSA) is 62.7 Å². The van der Waals surface area contributed by atoms with Crippen molar-refractivity contribution in [1.29, 1.82) is 0 Å². The molecule has 0 saturated heterocycles. The second-order valence-corrected chi connectivity index (χ2v) is 6.03. The van der Waals surface area contributed by atoms with E-state index in [2.05, 4.69) is 33.5 Å². The number of fused-ring (bicyclic) bond motifs is 1. The summed E-state index contributed by atoms with van der Waals surface area (Å²) >= 11 is 0. The van der Waals surface area contributed by atoms with Gasteiger partial charge in [-0.1, -0.05) is 24.3 Å². The molecule has 2 heterocycles. The van der Waals surface area contributed by atoms with Gasteiger partial charge < -0.3 is 14.9 Å². The summed E-state index contributed by atoms with van der Waals surface area (Å²) in [6.07, 6.45) is 4.79. The van der Waals surface area contributed by atoms with Crippen molar-refractivity contribution in [3.63, 3.8) is 0 Å². The zero-order valence-corrected chi connectivity index (χ0v) is 13.9. The number of para-hydroxylation sites is 2. The Morgan fingerprint density at radius 2 is 1.84 bits per heavy atom. The highest BCUT2D eigenvalue weighted by atomic mass is 16.1. The van der Waals surface area contributed by atoms with Gasteiger partial charge in [0.15, 0.2) is 5.82 Å². The predicted octanol–water partition coefficient (Wildman–Crippen LogP) is 3.60. The van der Waals surface area contributed by atoms with Crippen LogP contribution in [0.2, 0.25) is 0 Å². The Morgan fingerprint density at radius 3 is 2.60 bits per heavy atom. The summed E-state index contributed by atoms with van der Waals surface area (Å²) in [5, 5.41) is 3.14. The molecule has 0 atom stereocenters. The van der Waals surface area contributed by atoms with Crippen LogP contribution in [0.4, 0.5) is 11.5 Å². The van der Waals surface area contributed by atoms with Crippen molar-refractivity contribution in [2.75, 3.05) is 5.32 Å². The molecule has 25 heavy (non-hydrogen) atoms. The molecule has 0 saturated carbocycles. The van der Waals surface area contributed by atoms with Gasteiger partial charge in [-0.2, -0.15) is 0 Å². The minimum Gasteiger partial charge on any atom is -0.367 e. The van der Waals surface area contributed by atoms with E-state index in [1.165, 1.54) is 11.1 Å². The SMILES string of the molecule is Cn1c(=O)c(Nc2ccc(Cc3cc[nH]c3)cc2)nc2ccccc21. The van der Waals surface area contributed by atoms with E-state index in [1.807, 2.05) is 48.8 Å². The smallest absolute Gasteiger partial charge is 0.293 e. The number of benzene rings is 2. The van der Waals surface area contributed by atoms with E-state index in [9.17, 15) is 4.79 Å². The maximum Gasteiger partial charge on any atom is 0.293 e. The second-order valence-electron chi connectivity index (χ2n) is 6.03. The van der Waals surface area contributed by atoms with Crippen LogP contribution in [-0.2, 0) is 13.5 Å². The first kappa shape index (κ1) is 15.2. The molecule has 0 radical (unpaired) electrons. The van der Waals surface area contributed by atoms with Gasteiger partial charge in [0.25, 0.3) is 5.56 Å². The van der Waals surface area contributed by atoms with Crippen LogP contribution in [0.25, 0.3) is 11.0 Å². The molecule has 0 bridgehead atoms. The summed E-state index contributed by atoms with van der Waals surface area (Å²) in [4.78, 5) is 20.0. The molecule has 4 rings (SSSR count). The van der Waals surface area contributed by atoms with Gasteiger partial charge in [0.1, 0.15) is 0 Å². The van der Waals surface area contributed by atoms with Crippen LogP contribution >= 0.6 is 0 Å². The van der Waals surface area contributed by atoms with Crippen LogP contribution in [0, 0.1) is 0 Å². The molecule has 0 fully saturated rings. The largest absolute Gasteiger partial charge is 0.367 e. The average Bonchev–Trinajstić information content (AvgIpc) is 3.14. The van der Waals surface area contributed by atoms with Crippen LogP contribution in [0.15, 0.2) is 71.8 Å². The number of aromatic amines is 1. The maximum absolute atomic E-state index is 12.5. The van der Waals surface area contributed by atoms with E-state index in [-0.39, 0.29) is 5.56 Å². The van der Waals surface area contributed by atoms with Crippen molar-refractivity contribution in [3.05, 3.63) is 88.5 Å². The number of nitrogens with zero attached hydrogens (tertiary/aromatic N) is 2. The summed E-state index contributed by atoms with van der Waals surface area (Å²) in [6, 6.07) is 17.7. The fourth-order valence-electron chi connectivity index (χ4n) is 2.91. The van der Waals surface area contributed by atoms with Gasteiger partial charge in [-0.05, 0) is 47.9 Å². The number of hydrogen-bond donors (Lipinski definition) is 2. The Hall–Kier alpha value is -3.34. The lowest BCUT2D eigenvalue weighted by molar-refractivity contribution is 0.895. The van der Waals surface area contributed by atoms with Crippen molar-refractivity contribution in [2.24, 2.45) is 7.05 Å². The predicted molar refractivity (Wildman–Crippen MR) is 100 cm³/mol. The monoisotopic (exact) mass is 330 g/mol. The van der Waals surface area contributed by atoms with E-state index in [0.717, 1.165) is 23.1 Å². The first-order valence-corrected chi connectivity index (χ1v) is 8.14. The number of hydrogen-bond acceptors (Lipinski definition) is 3. The normalized spacial score (nSPS) is 10.9. The van der Waals surface area contributed by atoms with E-state index < -0.39 is 0 Å². The van der Waals surface area contributed by atoms with Crippen LogP contribution in [0.3, 0.4) is 0 Å². The van der Waals surface area contributed by atoms with Gasteiger partial charge in [0.05, 0.1) is 11.0 Å². The molecule has 5 nitrogen and oxygen atoms in total. The minimum atomic E-state index is -0.143. The third-order valence-corrected chi connectivity index (χ3v) is 4.27. The fraction of sp³-hybridized carbons (Fsp3) is 0.100. The van der Waals surface area contributed by atoms with Crippen LogP contribution in [0.5, 0.6) is 0 Å². The minimum absolute atomic E-state index is 0.143. The Bertz CT molecular complexity index is 1060. The Kier molecular flexibility index (Phi) is 3.82. The van der Waals surface area contributed by atoms with Gasteiger partial charge in [-0.15, -0.1) is 0 Å². The highest BCUT2D eigenvalue weighted by Gasteiger charge is 2.08. The van der Waals surface area contributed by atoms with E-state index >= 15 is 0 Å². The lowest BCUT2D eigenvalue weighted by Crippen LogP contribution is -2.21. The zero-order chi connectivity index (χ0) is 17.2. The number of rotatable bonds is 4. The fourth-order valence-corrected chi connectivity index (χ4v) is 2.91. The molecule has 0 amide bonds. The quantitative estimate of drug-likeness (QED) is 0.601. The summed E-state index contributed by atoms with van der Waals surface area (Å²) in [5.41, 5.74) is 4.76. The molecule has 0 spiro atoms. The molecule has 2 aromatic carbocycles. The van der Waals surface area contributed by atoms with E-state index in [1.54, 1.807) is 11.6 Å². The molecule has 2 N–H and O–H groups in total. The summed E-state index contributed by atoms with van der Waals surface area (Å²) in [6.45, 7) is 0. The Balaban J connectivity index is 1.61. The molecular formula is C20H18N4O. The number of aryl methyl sites for hydroxylation is 1. The molecule has 2 aromatic heterocycles. The van der Waals surface area contributed by atoms with Gasteiger partial charge in [0.2, 0.25) is 0 Å². The van der Waals surface area contributed by atoms with Crippen molar-refractivity contribution in [1.82, 2.24) is 14.5 Å². The molecular weight excluding hydrogens is 312 g/mol. The maximum atomic E-state index is 12.5. The molecule has 0 aliphatic rings. The average molecular weight is 330 g/mol. The van der Waals surface area contributed by atoms with E-state index in [4.69, 9.17) is 0 Å². The number of aromatic nitrogens is 3. The van der Waals surface area contributed by atoms with Crippen molar-refractivity contribution < 1.29 is 0 Å². The van der Waals surface area contributed by atoms with Crippen molar-refractivity contribution in [2.45, 2.75) is 6.42 Å². The molecule has 4 aromatic rings. The van der Waals surface area contributed by atoms with Gasteiger partial charge in [-0.25, -0.2) is 4.98 Å². The third kappa shape index (κ3) is 3.04. The Labute approximate surface area is 145 Å². The molecule has 0 unspecified atom stereocenters. The van der Waals surface area contributed by atoms with Gasteiger partial charge >= 0.3 is 0 Å². The standard InChI is InChI=1S/C20H18N4O/c1-24-18-5-3-2-4-17(18)23-19(20(24)25)22-16-8-6-14(7-9-16)12-15-10-11-21-13-15/h2-11,13,21H,12H2,1H3,(H,22,23). The summed E-state index contributed by atoms with van der Waals surface area (Å²) in [5.74, 6) is 0.333. The zero-order valence-electron chi connectivity index (χ0n) is 13.9. The molecule has 124 valence electrons. The molecule has 0 aliphatic carbocycles. The lowest BCUT2D eigenvalue weighted by Gasteiger charge is -2.10. The van der Waals surface area contributed by atoms with E-state index in [0.29, 0.717) is 5.82 Å². The van der Waals surface area contributed by atoms with Crippen LogP contribution < -0.4 is 10.9 Å². The van der Waals surface area contributed by atoms with Crippen molar-refractivity contribution >= 4 is 22.5 Å². The Morgan fingerprint density at radius 1 is 1.04 bits per heavy atom. The van der Waals surface area contributed by atoms with Gasteiger partial charge in [-0.3, -0.25) is 4.79 Å². The highest BCUT2D eigenvalue weighted by molar-refractivity contribution is 5.76. The lowest BCUT2D eigenvalue weighted by atomic mass is 10.1. The highest BCUT2D eigenvalue weighted by Crippen LogP contribution is 2.17.